The minimum Gasteiger partial charge on any atom is -0.399 e. The van der Waals surface area contributed by atoms with Crippen LogP contribution in [0.4, 0.5) is 5.69 Å². The number of nitrogens with one attached hydrogen (secondary N) is 1. The third-order valence-corrected chi connectivity index (χ3v) is 5.21. The molecule has 0 radical (unpaired) electrons. The van der Waals surface area contributed by atoms with Crippen LogP contribution in [-0.4, -0.2) is 43.8 Å². The molecule has 10 heteroatoms. The molecule has 1 aromatic heterocycles. The van der Waals surface area contributed by atoms with Crippen LogP contribution in [-0.2, 0) is 21.2 Å². The van der Waals surface area contributed by atoms with E-state index in [-0.39, 0.29) is 42.2 Å². The molecule has 1 heterocycles. The highest BCUT2D eigenvalue weighted by Gasteiger charge is 2.22. The zero-order valence-corrected chi connectivity index (χ0v) is 16.6. The summed E-state index contributed by atoms with van der Waals surface area (Å²) in [5.41, 5.74) is 7.34. The minimum absolute atomic E-state index is 0. The Hall–Kier alpha value is -1.87. The summed E-state index contributed by atoms with van der Waals surface area (Å²) in [4.78, 5) is 15.8. The molecule has 2 aromatic rings. The summed E-state index contributed by atoms with van der Waals surface area (Å²) in [5.74, 6) is -0.361. The van der Waals surface area contributed by atoms with Gasteiger partial charge < -0.3 is 11.1 Å². The van der Waals surface area contributed by atoms with E-state index in [2.05, 4.69) is 10.3 Å². The van der Waals surface area contributed by atoms with E-state index in [4.69, 9.17) is 5.73 Å². The molecule has 0 aliphatic rings. The Labute approximate surface area is 165 Å². The lowest BCUT2D eigenvalue weighted by Gasteiger charge is -2.16. The number of halogens is 2. The van der Waals surface area contributed by atoms with E-state index in [0.29, 0.717) is 18.7 Å². The van der Waals surface area contributed by atoms with E-state index in [0.717, 1.165) is 9.87 Å². The number of hydrogen-bond donors (Lipinski definition) is 2. The van der Waals surface area contributed by atoms with Crippen molar-refractivity contribution < 1.29 is 13.2 Å². The van der Waals surface area contributed by atoms with Gasteiger partial charge in [-0.25, -0.2) is 8.42 Å². The summed E-state index contributed by atoms with van der Waals surface area (Å²) < 4.78 is 25.6. The molecule has 3 N–H and O–H groups in total. The SMILES string of the molecule is CN(CC(=O)NCCc1ccc(N)cc1)S(=O)(=O)c1cccnc1.Cl.Cl. The Morgan fingerprint density at radius 1 is 1.19 bits per heavy atom. The van der Waals surface area contributed by atoms with E-state index in [1.807, 2.05) is 12.1 Å². The predicted molar refractivity (Wildman–Crippen MR) is 106 cm³/mol. The van der Waals surface area contributed by atoms with Crippen molar-refractivity contribution in [3.05, 3.63) is 54.4 Å². The molecule has 7 nitrogen and oxygen atoms in total. The quantitative estimate of drug-likeness (QED) is 0.659. The van der Waals surface area contributed by atoms with Gasteiger partial charge in [-0.15, -0.1) is 24.8 Å². The maximum atomic E-state index is 12.3. The second-order valence-electron chi connectivity index (χ2n) is 5.29. The highest BCUT2D eigenvalue weighted by atomic mass is 35.5. The normalized spacial score (nSPS) is 10.5. The van der Waals surface area contributed by atoms with Crippen molar-refractivity contribution >= 4 is 46.4 Å². The van der Waals surface area contributed by atoms with E-state index in [1.54, 1.807) is 12.1 Å². The first-order valence-electron chi connectivity index (χ1n) is 7.37. The smallest absolute Gasteiger partial charge is 0.244 e. The lowest BCUT2D eigenvalue weighted by Crippen LogP contribution is -2.39. The van der Waals surface area contributed by atoms with Crippen molar-refractivity contribution in [2.45, 2.75) is 11.3 Å². The molecule has 0 aliphatic heterocycles. The Kier molecular flexibility index (Phi) is 10.2. The number of nitrogens with zero attached hydrogens (tertiary/aromatic N) is 2. The number of hydrogen-bond acceptors (Lipinski definition) is 5. The third-order valence-electron chi connectivity index (χ3n) is 3.42. The molecule has 0 unspecified atom stereocenters. The summed E-state index contributed by atoms with van der Waals surface area (Å²) in [6.45, 7) is 0.169. The van der Waals surface area contributed by atoms with Gasteiger partial charge >= 0.3 is 0 Å². The van der Waals surface area contributed by atoms with Gasteiger partial charge in [-0.2, -0.15) is 4.31 Å². The number of likely N-dealkylation sites (N-methyl/N-ethyl adjacent to an activating group) is 1. The second-order valence-corrected chi connectivity index (χ2v) is 7.34. The average molecular weight is 421 g/mol. The average Bonchev–Trinajstić information content (AvgIpc) is 2.57. The lowest BCUT2D eigenvalue weighted by atomic mass is 10.1. The maximum Gasteiger partial charge on any atom is 0.244 e. The van der Waals surface area contributed by atoms with Crippen molar-refractivity contribution in [3.8, 4) is 0 Å². The first-order chi connectivity index (χ1) is 11.4. The molecule has 0 bridgehead atoms. The van der Waals surface area contributed by atoms with Gasteiger partial charge in [0.2, 0.25) is 15.9 Å². The number of rotatable bonds is 7. The van der Waals surface area contributed by atoms with Crippen LogP contribution in [0.2, 0.25) is 0 Å². The first-order valence-corrected chi connectivity index (χ1v) is 8.81. The number of pyridine rings is 1. The van der Waals surface area contributed by atoms with Crippen LogP contribution in [0.25, 0.3) is 0 Å². The summed E-state index contributed by atoms with van der Waals surface area (Å²) in [6, 6.07) is 10.4. The summed E-state index contributed by atoms with van der Waals surface area (Å²) in [6.07, 6.45) is 3.39. The fraction of sp³-hybridized carbons (Fsp3) is 0.250. The van der Waals surface area contributed by atoms with Crippen LogP contribution >= 0.6 is 24.8 Å². The van der Waals surface area contributed by atoms with Crippen LogP contribution in [0, 0.1) is 0 Å². The standard InChI is InChI=1S/C16H20N4O3S.2ClH/c1-20(24(22,23)15-3-2-9-18-11-15)12-16(21)19-10-8-13-4-6-14(17)7-5-13;;/h2-7,9,11H,8,10,12,17H2,1H3,(H,19,21);2*1H. The molecule has 0 fully saturated rings. The molecule has 0 saturated carbocycles. The van der Waals surface area contributed by atoms with Gasteiger partial charge in [0.1, 0.15) is 4.90 Å². The summed E-state index contributed by atoms with van der Waals surface area (Å²) >= 11 is 0. The van der Waals surface area contributed by atoms with Gasteiger partial charge in [0.05, 0.1) is 6.54 Å². The van der Waals surface area contributed by atoms with Gasteiger partial charge in [-0.3, -0.25) is 9.78 Å². The molecular weight excluding hydrogens is 399 g/mol. The molecule has 0 saturated heterocycles. The summed E-state index contributed by atoms with van der Waals surface area (Å²) in [5, 5.41) is 2.71. The number of aromatic nitrogens is 1. The van der Waals surface area contributed by atoms with E-state index in [9.17, 15) is 13.2 Å². The van der Waals surface area contributed by atoms with Crippen LogP contribution in [0.1, 0.15) is 5.56 Å². The fourth-order valence-electron chi connectivity index (χ4n) is 2.05. The number of carbonyl (C=O) groups excluding carboxylic acids is 1. The van der Waals surface area contributed by atoms with Crippen LogP contribution < -0.4 is 11.1 Å². The Bertz CT molecular complexity index is 787. The van der Waals surface area contributed by atoms with Crippen LogP contribution in [0.15, 0.2) is 53.7 Å². The van der Waals surface area contributed by atoms with Gasteiger partial charge in [0.25, 0.3) is 0 Å². The van der Waals surface area contributed by atoms with E-state index >= 15 is 0 Å². The highest BCUT2D eigenvalue weighted by molar-refractivity contribution is 7.89. The number of amides is 1. The number of nitrogen functional groups attached to an aromatic ring is 1. The largest absolute Gasteiger partial charge is 0.399 e. The van der Waals surface area contributed by atoms with E-state index < -0.39 is 10.0 Å². The number of anilines is 1. The molecule has 0 atom stereocenters. The van der Waals surface area contributed by atoms with Crippen LogP contribution in [0.3, 0.4) is 0 Å². The van der Waals surface area contributed by atoms with Gasteiger partial charge in [0, 0.05) is 31.7 Å². The van der Waals surface area contributed by atoms with Crippen molar-refractivity contribution in [3.63, 3.8) is 0 Å². The number of carbonyl (C=O) groups is 1. The molecule has 26 heavy (non-hydrogen) atoms. The second kappa shape index (κ2) is 11.0. The Balaban J connectivity index is 0.00000312. The third kappa shape index (κ3) is 6.80. The topological polar surface area (TPSA) is 105 Å². The molecule has 1 amide bonds. The monoisotopic (exact) mass is 420 g/mol. The Morgan fingerprint density at radius 3 is 2.42 bits per heavy atom. The number of benzene rings is 1. The number of nitrogens with two attached hydrogens (primary N) is 1. The van der Waals surface area contributed by atoms with E-state index in [1.165, 1.54) is 31.6 Å². The minimum atomic E-state index is -3.72. The molecule has 0 aliphatic carbocycles. The molecule has 144 valence electrons. The van der Waals surface area contributed by atoms with Gasteiger partial charge in [-0.1, -0.05) is 12.1 Å². The van der Waals surface area contributed by atoms with Gasteiger partial charge in [-0.05, 0) is 36.2 Å². The number of sulfonamides is 1. The van der Waals surface area contributed by atoms with Gasteiger partial charge in [0.15, 0.2) is 0 Å². The Morgan fingerprint density at radius 2 is 1.85 bits per heavy atom. The van der Waals surface area contributed by atoms with Crippen molar-refractivity contribution in [2.24, 2.45) is 0 Å². The van der Waals surface area contributed by atoms with Crippen molar-refractivity contribution in [1.82, 2.24) is 14.6 Å². The molecule has 2 rings (SSSR count). The maximum absolute atomic E-state index is 12.3. The summed E-state index contributed by atoms with van der Waals surface area (Å²) in [7, 11) is -2.36. The highest BCUT2D eigenvalue weighted by Crippen LogP contribution is 2.11. The zero-order chi connectivity index (χ0) is 17.6. The van der Waals surface area contributed by atoms with Crippen molar-refractivity contribution in [2.75, 3.05) is 25.9 Å². The predicted octanol–water partition coefficient (Wildman–Crippen LogP) is 1.49. The molecule has 1 aromatic carbocycles. The molecule has 0 spiro atoms. The van der Waals surface area contributed by atoms with Crippen LogP contribution in [0.5, 0.6) is 0 Å². The lowest BCUT2D eigenvalue weighted by molar-refractivity contribution is -0.121. The first kappa shape index (κ1) is 24.1. The zero-order valence-electron chi connectivity index (χ0n) is 14.2. The fourth-order valence-corrected chi connectivity index (χ4v) is 3.15. The molecular formula is C16H22Cl2N4O3S. The van der Waals surface area contributed by atoms with Crippen molar-refractivity contribution in [1.29, 1.82) is 0 Å².